The summed E-state index contributed by atoms with van der Waals surface area (Å²) in [5.41, 5.74) is 8.54. The second-order valence-corrected chi connectivity index (χ2v) is 6.72. The Morgan fingerprint density at radius 3 is 2.67 bits per heavy atom. The summed E-state index contributed by atoms with van der Waals surface area (Å²) in [5.74, 6) is 0.896. The predicted octanol–water partition coefficient (Wildman–Crippen LogP) is 2.37. The summed E-state index contributed by atoms with van der Waals surface area (Å²) in [4.78, 5) is 19.1. The highest BCUT2D eigenvalue weighted by atomic mass is 35.5. The molecule has 1 saturated heterocycles. The number of aryl methyl sites for hydroxylation is 2. The fourth-order valence-electron chi connectivity index (χ4n) is 3.45. The van der Waals surface area contributed by atoms with Gasteiger partial charge in [-0.3, -0.25) is 9.48 Å². The van der Waals surface area contributed by atoms with Crippen molar-refractivity contribution < 1.29 is 9.21 Å². The molecule has 1 aliphatic rings. The lowest BCUT2D eigenvalue weighted by molar-refractivity contribution is 0.0782. The van der Waals surface area contributed by atoms with E-state index in [9.17, 15) is 4.79 Å². The molecule has 3 aromatic rings. The second-order valence-electron chi connectivity index (χ2n) is 6.72. The molecule has 27 heavy (non-hydrogen) atoms. The zero-order valence-corrected chi connectivity index (χ0v) is 16.0. The summed E-state index contributed by atoms with van der Waals surface area (Å²) < 4.78 is 7.36. The van der Waals surface area contributed by atoms with Gasteiger partial charge in [0, 0.05) is 38.3 Å². The Labute approximate surface area is 163 Å². The number of hydrogen-bond acceptors (Lipinski definition) is 5. The first-order chi connectivity index (χ1) is 12.5. The average molecular weight is 388 g/mol. The topological polar surface area (TPSA) is 90.2 Å². The van der Waals surface area contributed by atoms with Crippen LogP contribution < -0.4 is 5.73 Å². The summed E-state index contributed by atoms with van der Waals surface area (Å²) in [5, 5.41) is 4.11. The van der Waals surface area contributed by atoms with E-state index in [2.05, 4.69) is 22.2 Å². The van der Waals surface area contributed by atoms with Gasteiger partial charge in [0.05, 0.1) is 11.8 Å². The maximum absolute atomic E-state index is 13.0. The van der Waals surface area contributed by atoms with Gasteiger partial charge < -0.3 is 15.1 Å². The molecule has 2 N–H and O–H groups in total. The molecule has 2 aromatic heterocycles. The van der Waals surface area contributed by atoms with Gasteiger partial charge in [-0.25, -0.2) is 4.98 Å². The number of carbonyl (C=O) groups excluding carboxylic acids is 1. The van der Waals surface area contributed by atoms with Crippen LogP contribution in [0.25, 0.3) is 11.5 Å². The highest BCUT2D eigenvalue weighted by Crippen LogP contribution is 2.29. The number of amides is 1. The summed E-state index contributed by atoms with van der Waals surface area (Å²) >= 11 is 0. The Kier molecular flexibility index (Phi) is 5.34. The molecule has 142 valence electrons. The van der Waals surface area contributed by atoms with Crippen LogP contribution in [-0.4, -0.2) is 44.7 Å². The van der Waals surface area contributed by atoms with Gasteiger partial charge in [-0.15, -0.1) is 12.4 Å². The first-order valence-electron chi connectivity index (χ1n) is 8.59. The Hall–Kier alpha value is -2.64. The van der Waals surface area contributed by atoms with Crippen LogP contribution in [0.4, 0.5) is 0 Å². The molecule has 1 fully saturated rings. The van der Waals surface area contributed by atoms with Crippen LogP contribution in [0.5, 0.6) is 0 Å². The Morgan fingerprint density at radius 2 is 2.00 bits per heavy atom. The van der Waals surface area contributed by atoms with E-state index < -0.39 is 0 Å². The number of oxazole rings is 1. The zero-order chi connectivity index (χ0) is 18.3. The molecule has 4 rings (SSSR count). The largest absolute Gasteiger partial charge is 0.440 e. The SMILES string of the molecule is Cc1oc(-c2cnn(C)c2)nc1C(=O)N1C[C@@H](N)[C@H](c2ccccc2)C1.Cl. The normalized spacial score (nSPS) is 19.1. The fraction of sp³-hybridized carbons (Fsp3) is 0.316. The average Bonchev–Trinajstić information content (AvgIpc) is 3.33. The fourth-order valence-corrected chi connectivity index (χ4v) is 3.45. The van der Waals surface area contributed by atoms with Crippen molar-refractivity contribution in [2.75, 3.05) is 13.1 Å². The molecule has 1 amide bonds. The molecular formula is C19H22ClN5O2. The number of nitrogens with two attached hydrogens (primary N) is 1. The lowest BCUT2D eigenvalue weighted by Crippen LogP contribution is -2.32. The van der Waals surface area contributed by atoms with E-state index in [1.807, 2.05) is 25.2 Å². The van der Waals surface area contributed by atoms with Crippen molar-refractivity contribution in [1.29, 1.82) is 0 Å². The maximum atomic E-state index is 13.0. The van der Waals surface area contributed by atoms with Crippen molar-refractivity contribution in [3.63, 3.8) is 0 Å². The highest BCUT2D eigenvalue weighted by Gasteiger charge is 2.36. The number of aromatic nitrogens is 3. The van der Waals surface area contributed by atoms with Gasteiger partial charge in [0.2, 0.25) is 5.89 Å². The smallest absolute Gasteiger partial charge is 0.276 e. The van der Waals surface area contributed by atoms with Crippen LogP contribution in [-0.2, 0) is 7.05 Å². The number of carbonyl (C=O) groups is 1. The van der Waals surface area contributed by atoms with Gasteiger partial charge in [-0.2, -0.15) is 5.10 Å². The number of nitrogens with zero attached hydrogens (tertiary/aromatic N) is 4. The predicted molar refractivity (Wildman–Crippen MR) is 104 cm³/mol. The first kappa shape index (κ1) is 19.1. The zero-order valence-electron chi connectivity index (χ0n) is 15.2. The number of likely N-dealkylation sites (tertiary alicyclic amines) is 1. The summed E-state index contributed by atoms with van der Waals surface area (Å²) in [6, 6.07) is 9.99. The number of benzene rings is 1. The van der Waals surface area contributed by atoms with E-state index in [0.717, 1.165) is 11.1 Å². The Balaban J connectivity index is 0.00000210. The lowest BCUT2D eigenvalue weighted by Gasteiger charge is -2.15. The van der Waals surface area contributed by atoms with Gasteiger partial charge in [0.15, 0.2) is 5.69 Å². The molecule has 3 heterocycles. The van der Waals surface area contributed by atoms with E-state index in [4.69, 9.17) is 10.2 Å². The number of rotatable bonds is 3. The van der Waals surface area contributed by atoms with Crippen molar-refractivity contribution in [3.8, 4) is 11.5 Å². The standard InChI is InChI=1S/C19H21N5O2.ClH/c1-12-17(22-18(26-12)14-8-21-23(2)9-14)19(25)24-10-15(16(20)11-24)13-6-4-3-5-7-13;/h3-9,15-16H,10-11,20H2,1-2H3;1H/t15-,16+;/m0./s1. The van der Waals surface area contributed by atoms with Crippen LogP contribution in [0.15, 0.2) is 47.1 Å². The molecule has 0 unspecified atom stereocenters. The summed E-state index contributed by atoms with van der Waals surface area (Å²) in [6.45, 7) is 2.84. The first-order valence-corrected chi connectivity index (χ1v) is 8.59. The molecular weight excluding hydrogens is 366 g/mol. The van der Waals surface area contributed by atoms with E-state index >= 15 is 0 Å². The van der Waals surface area contributed by atoms with Crippen LogP contribution in [0.3, 0.4) is 0 Å². The van der Waals surface area contributed by atoms with Gasteiger partial charge in [0.1, 0.15) is 5.76 Å². The lowest BCUT2D eigenvalue weighted by atomic mass is 9.95. The molecule has 1 aromatic carbocycles. The molecule has 1 aliphatic heterocycles. The van der Waals surface area contributed by atoms with Crippen LogP contribution in [0, 0.1) is 6.92 Å². The minimum absolute atomic E-state index is 0. The monoisotopic (exact) mass is 387 g/mol. The van der Waals surface area contributed by atoms with E-state index in [1.165, 1.54) is 0 Å². The molecule has 0 bridgehead atoms. The number of hydrogen-bond donors (Lipinski definition) is 1. The highest BCUT2D eigenvalue weighted by molar-refractivity contribution is 5.94. The Bertz CT molecular complexity index is 937. The van der Waals surface area contributed by atoms with Crippen LogP contribution in [0.1, 0.15) is 27.7 Å². The number of halogens is 1. The molecule has 0 saturated carbocycles. The molecule has 8 heteroatoms. The van der Waals surface area contributed by atoms with Crippen molar-refractivity contribution in [1.82, 2.24) is 19.7 Å². The van der Waals surface area contributed by atoms with Gasteiger partial charge in [0.25, 0.3) is 5.91 Å². The van der Waals surface area contributed by atoms with Crippen molar-refractivity contribution in [2.24, 2.45) is 12.8 Å². The maximum Gasteiger partial charge on any atom is 0.276 e. The van der Waals surface area contributed by atoms with E-state index in [0.29, 0.717) is 30.4 Å². The van der Waals surface area contributed by atoms with Crippen molar-refractivity contribution in [3.05, 3.63) is 59.7 Å². The van der Waals surface area contributed by atoms with E-state index in [1.54, 1.807) is 28.9 Å². The second kappa shape index (κ2) is 7.54. The minimum Gasteiger partial charge on any atom is -0.440 e. The third kappa shape index (κ3) is 3.61. The summed E-state index contributed by atoms with van der Waals surface area (Å²) in [7, 11) is 1.82. The van der Waals surface area contributed by atoms with Crippen LogP contribution >= 0.6 is 12.4 Å². The van der Waals surface area contributed by atoms with Crippen molar-refractivity contribution >= 4 is 18.3 Å². The molecule has 7 nitrogen and oxygen atoms in total. The van der Waals surface area contributed by atoms with Crippen molar-refractivity contribution in [2.45, 2.75) is 18.9 Å². The Morgan fingerprint density at radius 1 is 1.26 bits per heavy atom. The third-order valence-corrected chi connectivity index (χ3v) is 4.83. The third-order valence-electron chi connectivity index (χ3n) is 4.83. The molecule has 0 aliphatic carbocycles. The minimum atomic E-state index is -0.143. The van der Waals surface area contributed by atoms with Gasteiger partial charge >= 0.3 is 0 Å². The summed E-state index contributed by atoms with van der Waals surface area (Å²) in [6.07, 6.45) is 3.47. The molecule has 2 atom stereocenters. The quantitative estimate of drug-likeness (QED) is 0.745. The van der Waals surface area contributed by atoms with Crippen LogP contribution in [0.2, 0.25) is 0 Å². The molecule has 0 radical (unpaired) electrons. The van der Waals surface area contributed by atoms with Gasteiger partial charge in [-0.05, 0) is 12.5 Å². The molecule has 0 spiro atoms. The van der Waals surface area contributed by atoms with Gasteiger partial charge in [-0.1, -0.05) is 30.3 Å². The van der Waals surface area contributed by atoms with E-state index in [-0.39, 0.29) is 30.3 Å².